The molecule has 0 spiro atoms. The van der Waals surface area contributed by atoms with Crippen molar-refractivity contribution >= 4 is 28.2 Å². The fourth-order valence-electron chi connectivity index (χ4n) is 2.25. The zero-order chi connectivity index (χ0) is 15.0. The predicted molar refractivity (Wildman–Crippen MR) is 85.7 cm³/mol. The van der Waals surface area contributed by atoms with Crippen LogP contribution in [0, 0.1) is 6.92 Å². The van der Waals surface area contributed by atoms with Crippen LogP contribution in [0.1, 0.15) is 11.1 Å². The van der Waals surface area contributed by atoms with Gasteiger partial charge in [0.15, 0.2) is 0 Å². The van der Waals surface area contributed by atoms with Gasteiger partial charge in [0, 0.05) is 10.7 Å². The molecule has 106 valence electrons. The zero-order valence-corrected chi connectivity index (χ0v) is 12.3. The van der Waals surface area contributed by atoms with Crippen molar-refractivity contribution in [2.24, 2.45) is 0 Å². The number of hydrogen-bond donors (Lipinski definition) is 1. The molecule has 0 saturated heterocycles. The van der Waals surface area contributed by atoms with Crippen molar-refractivity contribution in [1.29, 1.82) is 0 Å². The first-order valence-electron chi connectivity index (χ1n) is 6.54. The zero-order valence-electron chi connectivity index (χ0n) is 11.5. The molecule has 3 rings (SSSR count). The summed E-state index contributed by atoms with van der Waals surface area (Å²) in [6, 6.07) is 10.9. The van der Waals surface area contributed by atoms with E-state index in [2.05, 4.69) is 4.98 Å². The highest BCUT2D eigenvalue weighted by atomic mass is 35.5. The number of nitrogens with zero attached hydrogens (tertiary/aromatic N) is 2. The van der Waals surface area contributed by atoms with E-state index in [-0.39, 0.29) is 5.56 Å². The highest BCUT2D eigenvalue weighted by Crippen LogP contribution is 2.18. The van der Waals surface area contributed by atoms with Gasteiger partial charge in [0.05, 0.1) is 23.8 Å². The summed E-state index contributed by atoms with van der Waals surface area (Å²) < 4.78 is 1.54. The first kappa shape index (κ1) is 13.6. The standard InChI is InChI=1S/C16H14ClN3O/c1-10-2-3-11(14(17)6-10)8-20-9-19-15-5-4-12(18)7-13(15)16(20)21/h2-7,9H,8,18H2,1H3. The van der Waals surface area contributed by atoms with Crippen LogP contribution in [0.4, 0.5) is 5.69 Å². The molecule has 5 heteroatoms. The van der Waals surface area contributed by atoms with E-state index in [0.29, 0.717) is 28.2 Å². The van der Waals surface area contributed by atoms with Gasteiger partial charge >= 0.3 is 0 Å². The minimum absolute atomic E-state index is 0.121. The molecule has 4 nitrogen and oxygen atoms in total. The summed E-state index contributed by atoms with van der Waals surface area (Å²) in [4.78, 5) is 16.8. The topological polar surface area (TPSA) is 60.9 Å². The summed E-state index contributed by atoms with van der Waals surface area (Å²) in [6.45, 7) is 2.36. The Labute approximate surface area is 126 Å². The second-order valence-electron chi connectivity index (χ2n) is 5.05. The average Bonchev–Trinajstić information content (AvgIpc) is 2.45. The molecule has 0 aliphatic carbocycles. The lowest BCUT2D eigenvalue weighted by atomic mass is 10.1. The number of nitrogen functional groups attached to an aromatic ring is 1. The Morgan fingerprint density at radius 3 is 2.81 bits per heavy atom. The van der Waals surface area contributed by atoms with Crippen LogP contribution in [-0.4, -0.2) is 9.55 Å². The summed E-state index contributed by atoms with van der Waals surface area (Å²) in [5.41, 5.74) is 8.77. The largest absolute Gasteiger partial charge is 0.399 e. The monoisotopic (exact) mass is 299 g/mol. The Hall–Kier alpha value is -2.33. The normalized spacial score (nSPS) is 11.0. The summed E-state index contributed by atoms with van der Waals surface area (Å²) >= 11 is 6.22. The summed E-state index contributed by atoms with van der Waals surface area (Å²) in [5.74, 6) is 0. The van der Waals surface area contributed by atoms with Gasteiger partial charge in [0.2, 0.25) is 0 Å². The van der Waals surface area contributed by atoms with Crippen molar-refractivity contribution in [3.05, 3.63) is 69.2 Å². The van der Waals surface area contributed by atoms with Crippen LogP contribution in [0.15, 0.2) is 47.5 Å². The average molecular weight is 300 g/mol. The van der Waals surface area contributed by atoms with Crippen molar-refractivity contribution < 1.29 is 0 Å². The lowest BCUT2D eigenvalue weighted by Gasteiger charge is -2.09. The highest BCUT2D eigenvalue weighted by Gasteiger charge is 2.07. The third-order valence-corrected chi connectivity index (χ3v) is 3.75. The van der Waals surface area contributed by atoms with E-state index in [1.807, 2.05) is 25.1 Å². The first-order valence-corrected chi connectivity index (χ1v) is 6.92. The highest BCUT2D eigenvalue weighted by molar-refractivity contribution is 6.31. The van der Waals surface area contributed by atoms with E-state index in [0.717, 1.165) is 11.1 Å². The van der Waals surface area contributed by atoms with Crippen molar-refractivity contribution in [1.82, 2.24) is 9.55 Å². The Morgan fingerprint density at radius 1 is 1.24 bits per heavy atom. The van der Waals surface area contributed by atoms with Crippen molar-refractivity contribution in [3.8, 4) is 0 Å². The van der Waals surface area contributed by atoms with Crippen LogP contribution >= 0.6 is 11.6 Å². The number of hydrogen-bond acceptors (Lipinski definition) is 3. The Morgan fingerprint density at radius 2 is 2.05 bits per heavy atom. The number of halogens is 1. The fourth-order valence-corrected chi connectivity index (χ4v) is 2.55. The molecular weight excluding hydrogens is 286 g/mol. The SMILES string of the molecule is Cc1ccc(Cn2cnc3ccc(N)cc3c2=O)c(Cl)c1. The van der Waals surface area contributed by atoms with Crippen molar-refractivity contribution in [3.63, 3.8) is 0 Å². The van der Waals surface area contributed by atoms with Gasteiger partial charge in [0.25, 0.3) is 5.56 Å². The fraction of sp³-hybridized carbons (Fsp3) is 0.125. The summed E-state index contributed by atoms with van der Waals surface area (Å²) in [5, 5.41) is 1.16. The van der Waals surface area contributed by atoms with Crippen LogP contribution in [0.25, 0.3) is 10.9 Å². The van der Waals surface area contributed by atoms with Gasteiger partial charge in [-0.25, -0.2) is 4.98 Å². The molecule has 0 atom stereocenters. The number of nitrogens with two attached hydrogens (primary N) is 1. The number of benzene rings is 2. The van der Waals surface area contributed by atoms with Crippen LogP contribution in [0.5, 0.6) is 0 Å². The van der Waals surface area contributed by atoms with E-state index in [9.17, 15) is 4.79 Å². The van der Waals surface area contributed by atoms with Gasteiger partial charge in [-0.2, -0.15) is 0 Å². The molecule has 2 N–H and O–H groups in total. The smallest absolute Gasteiger partial charge is 0.261 e. The van der Waals surface area contributed by atoms with Gasteiger partial charge in [-0.05, 0) is 42.3 Å². The molecule has 2 aromatic carbocycles. The van der Waals surface area contributed by atoms with Gasteiger partial charge in [-0.15, -0.1) is 0 Å². The van der Waals surface area contributed by atoms with E-state index in [4.69, 9.17) is 17.3 Å². The third-order valence-electron chi connectivity index (χ3n) is 3.40. The predicted octanol–water partition coefficient (Wildman–Crippen LogP) is 2.99. The number of rotatable bonds is 2. The number of fused-ring (bicyclic) bond motifs is 1. The number of anilines is 1. The van der Waals surface area contributed by atoms with Crippen LogP contribution in [0.3, 0.4) is 0 Å². The molecule has 0 unspecified atom stereocenters. The van der Waals surface area contributed by atoms with Crippen molar-refractivity contribution in [2.45, 2.75) is 13.5 Å². The van der Waals surface area contributed by atoms with Gasteiger partial charge < -0.3 is 5.73 Å². The molecule has 0 saturated carbocycles. The molecular formula is C16H14ClN3O. The molecule has 21 heavy (non-hydrogen) atoms. The maximum Gasteiger partial charge on any atom is 0.261 e. The molecule has 3 aromatic rings. The van der Waals surface area contributed by atoms with Gasteiger partial charge in [-0.3, -0.25) is 9.36 Å². The maximum absolute atomic E-state index is 12.5. The molecule has 0 aliphatic heterocycles. The maximum atomic E-state index is 12.5. The molecule has 0 bridgehead atoms. The van der Waals surface area contributed by atoms with E-state index < -0.39 is 0 Å². The van der Waals surface area contributed by atoms with E-state index in [1.165, 1.54) is 6.33 Å². The second kappa shape index (κ2) is 5.22. The summed E-state index contributed by atoms with van der Waals surface area (Å²) in [7, 11) is 0. The molecule has 0 aliphatic rings. The Kier molecular flexibility index (Phi) is 3.39. The molecule has 0 amide bonds. The molecule has 1 heterocycles. The number of aryl methyl sites for hydroxylation is 1. The Balaban J connectivity index is 2.09. The van der Waals surface area contributed by atoms with E-state index in [1.54, 1.807) is 22.8 Å². The minimum atomic E-state index is -0.121. The lowest BCUT2D eigenvalue weighted by Crippen LogP contribution is -2.21. The lowest BCUT2D eigenvalue weighted by molar-refractivity contribution is 0.748. The third kappa shape index (κ3) is 2.62. The number of aromatic nitrogens is 2. The molecule has 0 radical (unpaired) electrons. The van der Waals surface area contributed by atoms with Crippen LogP contribution in [-0.2, 0) is 6.54 Å². The quantitative estimate of drug-likeness (QED) is 0.740. The summed E-state index contributed by atoms with van der Waals surface area (Å²) in [6.07, 6.45) is 1.54. The van der Waals surface area contributed by atoms with Gasteiger partial charge in [-0.1, -0.05) is 23.7 Å². The molecule has 0 fully saturated rings. The van der Waals surface area contributed by atoms with Crippen LogP contribution in [0.2, 0.25) is 5.02 Å². The Bertz CT molecular complexity index is 886. The first-order chi connectivity index (χ1) is 10.0. The van der Waals surface area contributed by atoms with Gasteiger partial charge in [0.1, 0.15) is 0 Å². The second-order valence-corrected chi connectivity index (χ2v) is 5.46. The molecule has 1 aromatic heterocycles. The minimum Gasteiger partial charge on any atom is -0.399 e. The van der Waals surface area contributed by atoms with E-state index >= 15 is 0 Å². The van der Waals surface area contributed by atoms with Crippen LogP contribution < -0.4 is 11.3 Å². The van der Waals surface area contributed by atoms with Crippen molar-refractivity contribution in [2.75, 3.05) is 5.73 Å².